The number of carbonyl (C=O) groups is 1. The van der Waals surface area contributed by atoms with E-state index in [9.17, 15) is 13.6 Å². The zero-order valence-electron chi connectivity index (χ0n) is 12.7. The van der Waals surface area contributed by atoms with Gasteiger partial charge >= 0.3 is 0 Å². The minimum atomic E-state index is -0.557. The lowest BCUT2D eigenvalue weighted by molar-refractivity contribution is -0.119. The van der Waals surface area contributed by atoms with E-state index in [0.29, 0.717) is 35.3 Å². The number of aromatic nitrogens is 2. The minimum absolute atomic E-state index is 0.0196. The lowest BCUT2D eigenvalue weighted by atomic mass is 9.87. The van der Waals surface area contributed by atoms with Crippen LogP contribution in [0.2, 0.25) is 0 Å². The van der Waals surface area contributed by atoms with Gasteiger partial charge in [0.1, 0.15) is 11.6 Å². The third kappa shape index (κ3) is 3.19. The highest BCUT2D eigenvalue weighted by Gasteiger charge is 2.25. The van der Waals surface area contributed by atoms with Gasteiger partial charge in [-0.3, -0.25) is 4.79 Å². The van der Waals surface area contributed by atoms with E-state index in [1.165, 1.54) is 13.0 Å². The normalized spacial score (nSPS) is 16.9. The van der Waals surface area contributed by atoms with E-state index in [1.54, 1.807) is 6.20 Å². The molecule has 1 aromatic heterocycles. The molecule has 23 heavy (non-hydrogen) atoms. The summed E-state index contributed by atoms with van der Waals surface area (Å²) in [7, 11) is 0. The van der Waals surface area contributed by atoms with Gasteiger partial charge in [0.25, 0.3) is 0 Å². The molecule has 1 aromatic carbocycles. The van der Waals surface area contributed by atoms with Crippen LogP contribution in [0.1, 0.15) is 36.2 Å². The van der Waals surface area contributed by atoms with Crippen molar-refractivity contribution >= 4 is 18.1 Å². The number of amides is 1. The summed E-state index contributed by atoms with van der Waals surface area (Å²) in [4.78, 5) is 14.1. The van der Waals surface area contributed by atoms with E-state index in [4.69, 9.17) is 12.2 Å². The van der Waals surface area contributed by atoms with Crippen molar-refractivity contribution in [2.24, 2.45) is 0 Å². The molecule has 2 N–H and O–H groups in total. The Morgan fingerprint density at radius 1 is 1.48 bits per heavy atom. The van der Waals surface area contributed by atoms with Gasteiger partial charge in [0.2, 0.25) is 5.91 Å². The Morgan fingerprint density at radius 3 is 3.00 bits per heavy atom. The molecule has 1 aliphatic carbocycles. The van der Waals surface area contributed by atoms with E-state index in [0.717, 1.165) is 18.2 Å². The molecule has 7 heteroatoms. The number of carbonyl (C=O) groups excluding carboxylic acids is 1. The van der Waals surface area contributed by atoms with Crippen LogP contribution in [-0.2, 0) is 24.2 Å². The summed E-state index contributed by atoms with van der Waals surface area (Å²) in [5, 5.41) is 2.75. The molecule has 0 spiro atoms. The Morgan fingerprint density at radius 2 is 2.26 bits per heavy atom. The molecular weight excluding hydrogens is 320 g/mol. The fourth-order valence-corrected chi connectivity index (χ4v) is 3.50. The maximum Gasteiger partial charge on any atom is 0.217 e. The zero-order valence-corrected chi connectivity index (χ0v) is 13.5. The van der Waals surface area contributed by atoms with E-state index in [1.807, 2.05) is 4.57 Å². The third-order valence-corrected chi connectivity index (χ3v) is 4.52. The second-order valence-electron chi connectivity index (χ2n) is 5.79. The summed E-state index contributed by atoms with van der Waals surface area (Å²) in [6.45, 7) is 1.82. The molecule has 1 amide bonds. The lowest BCUT2D eigenvalue weighted by Gasteiger charge is -2.27. The molecule has 2 aromatic rings. The van der Waals surface area contributed by atoms with Gasteiger partial charge in [-0.2, -0.15) is 0 Å². The standard InChI is InChI=1S/C16H17F2N3OS/c1-9(22)19-7-13-8-20-16(23)21(13)12-2-3-14-10(5-12)4-11(17)6-15(14)18/h4,6,8,12H,2-3,5,7H2,1H3,(H,19,22)(H,20,23). The van der Waals surface area contributed by atoms with Crippen molar-refractivity contribution in [1.82, 2.24) is 14.9 Å². The van der Waals surface area contributed by atoms with Gasteiger partial charge in [-0.25, -0.2) is 8.78 Å². The van der Waals surface area contributed by atoms with Gasteiger partial charge in [-0.15, -0.1) is 0 Å². The molecule has 1 atom stereocenters. The first-order valence-electron chi connectivity index (χ1n) is 7.45. The summed E-state index contributed by atoms with van der Waals surface area (Å²) in [5.41, 5.74) is 2.14. The Balaban J connectivity index is 1.90. The number of aromatic amines is 1. The topological polar surface area (TPSA) is 49.8 Å². The highest BCUT2D eigenvalue weighted by Crippen LogP contribution is 2.32. The average molecular weight is 337 g/mol. The van der Waals surface area contributed by atoms with Crippen LogP contribution in [0.4, 0.5) is 8.78 Å². The third-order valence-electron chi connectivity index (χ3n) is 4.21. The van der Waals surface area contributed by atoms with Crippen molar-refractivity contribution in [2.45, 2.75) is 38.8 Å². The number of rotatable bonds is 3. The van der Waals surface area contributed by atoms with E-state index in [2.05, 4.69) is 10.3 Å². The van der Waals surface area contributed by atoms with Crippen molar-refractivity contribution < 1.29 is 13.6 Å². The van der Waals surface area contributed by atoms with Crippen LogP contribution in [0.5, 0.6) is 0 Å². The maximum atomic E-state index is 13.8. The Hall–Kier alpha value is -2.02. The SMILES string of the molecule is CC(=O)NCc1c[nH]c(=S)n1C1CCc2c(F)cc(F)cc2C1. The van der Waals surface area contributed by atoms with Crippen molar-refractivity contribution in [1.29, 1.82) is 0 Å². The van der Waals surface area contributed by atoms with Crippen LogP contribution < -0.4 is 5.32 Å². The number of imidazole rings is 1. The van der Waals surface area contributed by atoms with Crippen LogP contribution in [0.3, 0.4) is 0 Å². The number of hydrogen-bond donors (Lipinski definition) is 2. The number of hydrogen-bond acceptors (Lipinski definition) is 2. The van der Waals surface area contributed by atoms with Gasteiger partial charge in [0.15, 0.2) is 4.77 Å². The number of benzene rings is 1. The number of nitrogens with zero attached hydrogens (tertiary/aromatic N) is 1. The molecule has 0 aliphatic heterocycles. The van der Waals surface area contributed by atoms with Crippen LogP contribution in [0, 0.1) is 16.4 Å². The summed E-state index contributed by atoms with van der Waals surface area (Å²) >= 11 is 5.33. The predicted octanol–water partition coefficient (Wildman–Crippen LogP) is 3.19. The zero-order chi connectivity index (χ0) is 16.6. The number of H-pyrrole nitrogens is 1. The molecule has 0 saturated carbocycles. The fourth-order valence-electron chi connectivity index (χ4n) is 3.17. The van der Waals surface area contributed by atoms with Crippen LogP contribution in [0.15, 0.2) is 18.3 Å². The molecule has 1 unspecified atom stereocenters. The first-order chi connectivity index (χ1) is 11.0. The van der Waals surface area contributed by atoms with E-state index >= 15 is 0 Å². The quantitative estimate of drug-likeness (QED) is 0.845. The molecule has 0 saturated heterocycles. The smallest absolute Gasteiger partial charge is 0.217 e. The van der Waals surface area contributed by atoms with Gasteiger partial charge in [-0.05, 0) is 48.7 Å². The van der Waals surface area contributed by atoms with Crippen LogP contribution in [0.25, 0.3) is 0 Å². The molecule has 4 nitrogen and oxygen atoms in total. The van der Waals surface area contributed by atoms with Crippen molar-refractivity contribution in [2.75, 3.05) is 0 Å². The predicted molar refractivity (Wildman–Crippen MR) is 84.6 cm³/mol. The maximum absolute atomic E-state index is 13.8. The molecule has 1 heterocycles. The summed E-state index contributed by atoms with van der Waals surface area (Å²) in [5.74, 6) is -1.16. The van der Waals surface area contributed by atoms with Crippen molar-refractivity contribution in [3.05, 3.63) is 51.6 Å². The minimum Gasteiger partial charge on any atom is -0.351 e. The lowest BCUT2D eigenvalue weighted by Crippen LogP contribution is -2.25. The van der Waals surface area contributed by atoms with Crippen LogP contribution >= 0.6 is 12.2 Å². The summed E-state index contributed by atoms with van der Waals surface area (Å²) < 4.78 is 29.8. The number of nitrogens with one attached hydrogen (secondary N) is 2. The molecular formula is C16H17F2N3OS. The molecule has 0 radical (unpaired) electrons. The van der Waals surface area contributed by atoms with E-state index < -0.39 is 11.6 Å². The van der Waals surface area contributed by atoms with Gasteiger partial charge in [0, 0.05) is 25.2 Å². The Bertz CT molecular complexity index is 812. The number of fused-ring (bicyclic) bond motifs is 1. The van der Waals surface area contributed by atoms with Crippen LogP contribution in [-0.4, -0.2) is 15.5 Å². The Kier molecular flexibility index (Phi) is 4.30. The second kappa shape index (κ2) is 6.23. The summed E-state index contributed by atoms with van der Waals surface area (Å²) in [6, 6.07) is 2.35. The first-order valence-corrected chi connectivity index (χ1v) is 7.86. The molecule has 0 bridgehead atoms. The molecule has 122 valence electrons. The van der Waals surface area contributed by atoms with Gasteiger partial charge in [-0.1, -0.05) is 0 Å². The molecule has 3 rings (SSSR count). The van der Waals surface area contributed by atoms with Gasteiger partial charge < -0.3 is 14.9 Å². The number of halogens is 2. The average Bonchev–Trinajstić information content (AvgIpc) is 2.85. The van der Waals surface area contributed by atoms with Gasteiger partial charge in [0.05, 0.1) is 12.2 Å². The largest absolute Gasteiger partial charge is 0.351 e. The molecule has 1 aliphatic rings. The van der Waals surface area contributed by atoms with Crippen molar-refractivity contribution in [3.8, 4) is 0 Å². The summed E-state index contributed by atoms with van der Waals surface area (Å²) in [6.07, 6.45) is 3.54. The first kappa shape index (κ1) is 15.9. The van der Waals surface area contributed by atoms with Crippen molar-refractivity contribution in [3.63, 3.8) is 0 Å². The van der Waals surface area contributed by atoms with E-state index in [-0.39, 0.29) is 11.9 Å². The monoisotopic (exact) mass is 337 g/mol. The second-order valence-corrected chi connectivity index (χ2v) is 6.17. The highest BCUT2D eigenvalue weighted by atomic mass is 32.1. The molecule has 0 fully saturated rings. The Labute approximate surface area is 137 Å². The highest BCUT2D eigenvalue weighted by molar-refractivity contribution is 7.71. The fraction of sp³-hybridized carbons (Fsp3) is 0.375.